The molecular weight excluding hydrogens is 260 g/mol. The highest BCUT2D eigenvalue weighted by molar-refractivity contribution is 5.60. The van der Waals surface area contributed by atoms with Gasteiger partial charge in [0.05, 0.1) is 17.6 Å². The molecule has 0 aromatic carbocycles. The SMILES string of the molecule is CCCNc1ccc([N+](=O)[O-])c(N[C@H](CO)C(C)C)n1. The predicted molar refractivity (Wildman–Crippen MR) is 79.0 cm³/mol. The largest absolute Gasteiger partial charge is 0.394 e. The average molecular weight is 282 g/mol. The van der Waals surface area contributed by atoms with Gasteiger partial charge in [0, 0.05) is 12.6 Å². The van der Waals surface area contributed by atoms with Crippen molar-refractivity contribution in [2.45, 2.75) is 33.2 Å². The van der Waals surface area contributed by atoms with E-state index in [1.807, 2.05) is 20.8 Å². The Morgan fingerprint density at radius 1 is 1.45 bits per heavy atom. The van der Waals surface area contributed by atoms with Crippen LogP contribution in [0.3, 0.4) is 0 Å². The molecular formula is C13H22N4O3. The molecule has 0 saturated carbocycles. The van der Waals surface area contributed by atoms with E-state index in [0.717, 1.165) is 13.0 Å². The third-order valence-electron chi connectivity index (χ3n) is 2.95. The van der Waals surface area contributed by atoms with Crippen molar-refractivity contribution in [3.8, 4) is 0 Å². The molecule has 0 aliphatic rings. The van der Waals surface area contributed by atoms with Crippen LogP contribution in [0.2, 0.25) is 0 Å². The summed E-state index contributed by atoms with van der Waals surface area (Å²) in [6.07, 6.45) is 0.937. The van der Waals surface area contributed by atoms with Crippen LogP contribution in [0.25, 0.3) is 0 Å². The molecule has 0 aliphatic heterocycles. The number of nitro groups is 1. The fraction of sp³-hybridized carbons (Fsp3) is 0.615. The summed E-state index contributed by atoms with van der Waals surface area (Å²) < 4.78 is 0. The van der Waals surface area contributed by atoms with Gasteiger partial charge in [-0.05, 0) is 18.4 Å². The molecule has 3 N–H and O–H groups in total. The summed E-state index contributed by atoms with van der Waals surface area (Å²) in [5.41, 5.74) is -0.0915. The van der Waals surface area contributed by atoms with Crippen molar-refractivity contribution in [2.24, 2.45) is 5.92 Å². The quantitative estimate of drug-likeness (QED) is 0.499. The predicted octanol–water partition coefficient (Wildman–Crippen LogP) is 2.24. The normalized spacial score (nSPS) is 12.2. The standard InChI is InChI=1S/C13H22N4O3/c1-4-7-14-12-6-5-11(17(19)20)13(16-12)15-10(8-18)9(2)3/h5-6,9-10,18H,4,7-8H2,1-3H3,(H2,14,15,16)/t10-/m1/s1. The number of nitrogens with one attached hydrogen (secondary N) is 2. The van der Waals surface area contributed by atoms with E-state index in [0.29, 0.717) is 5.82 Å². The van der Waals surface area contributed by atoms with E-state index in [4.69, 9.17) is 0 Å². The van der Waals surface area contributed by atoms with E-state index in [9.17, 15) is 15.2 Å². The Kier molecular flexibility index (Phi) is 6.17. The minimum Gasteiger partial charge on any atom is -0.394 e. The summed E-state index contributed by atoms with van der Waals surface area (Å²) in [4.78, 5) is 14.8. The van der Waals surface area contributed by atoms with Gasteiger partial charge in [0.25, 0.3) is 0 Å². The van der Waals surface area contributed by atoms with Gasteiger partial charge in [0.1, 0.15) is 5.82 Å². The van der Waals surface area contributed by atoms with Crippen LogP contribution in [0.4, 0.5) is 17.3 Å². The maximum absolute atomic E-state index is 11.0. The summed E-state index contributed by atoms with van der Waals surface area (Å²) >= 11 is 0. The van der Waals surface area contributed by atoms with Crippen LogP contribution in [0, 0.1) is 16.0 Å². The van der Waals surface area contributed by atoms with Gasteiger partial charge in [-0.25, -0.2) is 4.98 Å². The Bertz CT molecular complexity index is 451. The Labute approximate surface area is 118 Å². The number of hydrogen-bond donors (Lipinski definition) is 3. The van der Waals surface area contributed by atoms with Crippen molar-refractivity contribution < 1.29 is 10.0 Å². The van der Waals surface area contributed by atoms with Crippen molar-refractivity contribution in [2.75, 3.05) is 23.8 Å². The highest BCUT2D eigenvalue weighted by atomic mass is 16.6. The third kappa shape index (κ3) is 4.34. The molecule has 0 unspecified atom stereocenters. The second-order valence-electron chi connectivity index (χ2n) is 4.93. The van der Waals surface area contributed by atoms with Crippen LogP contribution in [0.1, 0.15) is 27.2 Å². The highest BCUT2D eigenvalue weighted by Crippen LogP contribution is 2.25. The molecule has 1 aromatic rings. The van der Waals surface area contributed by atoms with Crippen LogP contribution in [0.5, 0.6) is 0 Å². The second kappa shape index (κ2) is 7.64. The van der Waals surface area contributed by atoms with Crippen LogP contribution in [0.15, 0.2) is 12.1 Å². The number of hydrogen-bond acceptors (Lipinski definition) is 6. The number of nitrogens with zero attached hydrogens (tertiary/aromatic N) is 2. The van der Waals surface area contributed by atoms with Crippen LogP contribution < -0.4 is 10.6 Å². The van der Waals surface area contributed by atoms with Crippen molar-refractivity contribution in [3.05, 3.63) is 22.2 Å². The second-order valence-corrected chi connectivity index (χ2v) is 4.93. The number of aliphatic hydroxyl groups excluding tert-OH is 1. The van der Waals surface area contributed by atoms with Gasteiger partial charge < -0.3 is 15.7 Å². The zero-order chi connectivity index (χ0) is 15.1. The van der Waals surface area contributed by atoms with Crippen LogP contribution in [-0.2, 0) is 0 Å². The fourth-order valence-electron chi connectivity index (χ4n) is 1.66. The van der Waals surface area contributed by atoms with Gasteiger partial charge in [-0.3, -0.25) is 10.1 Å². The number of rotatable bonds is 8. The molecule has 0 amide bonds. The number of aromatic nitrogens is 1. The lowest BCUT2D eigenvalue weighted by Crippen LogP contribution is -2.30. The summed E-state index contributed by atoms with van der Waals surface area (Å²) in [6, 6.07) is 2.73. The molecule has 7 heteroatoms. The molecule has 0 spiro atoms. The molecule has 0 aliphatic carbocycles. The zero-order valence-electron chi connectivity index (χ0n) is 12.1. The van der Waals surface area contributed by atoms with E-state index in [1.54, 1.807) is 6.07 Å². The third-order valence-corrected chi connectivity index (χ3v) is 2.95. The van der Waals surface area contributed by atoms with E-state index in [-0.39, 0.29) is 30.1 Å². The Morgan fingerprint density at radius 3 is 2.65 bits per heavy atom. The Balaban J connectivity index is 3.01. The zero-order valence-corrected chi connectivity index (χ0v) is 12.1. The van der Waals surface area contributed by atoms with E-state index < -0.39 is 4.92 Å². The molecule has 0 fully saturated rings. The minimum atomic E-state index is -0.478. The lowest BCUT2D eigenvalue weighted by Gasteiger charge is -2.20. The first kappa shape index (κ1) is 16.2. The number of pyridine rings is 1. The monoisotopic (exact) mass is 282 g/mol. The maximum atomic E-state index is 11.0. The molecule has 7 nitrogen and oxygen atoms in total. The van der Waals surface area contributed by atoms with Crippen molar-refractivity contribution in [1.29, 1.82) is 0 Å². The van der Waals surface area contributed by atoms with Crippen molar-refractivity contribution >= 4 is 17.3 Å². The van der Waals surface area contributed by atoms with Gasteiger partial charge in [-0.15, -0.1) is 0 Å². The first-order valence-electron chi connectivity index (χ1n) is 6.76. The Morgan fingerprint density at radius 2 is 2.15 bits per heavy atom. The summed E-state index contributed by atoms with van der Waals surface area (Å²) in [7, 11) is 0. The van der Waals surface area contributed by atoms with Crippen molar-refractivity contribution in [1.82, 2.24) is 4.98 Å². The summed E-state index contributed by atoms with van der Waals surface area (Å²) in [6.45, 7) is 6.52. The van der Waals surface area contributed by atoms with E-state index in [1.165, 1.54) is 6.07 Å². The van der Waals surface area contributed by atoms with E-state index in [2.05, 4.69) is 15.6 Å². The van der Waals surface area contributed by atoms with Gasteiger partial charge >= 0.3 is 5.69 Å². The molecule has 0 bridgehead atoms. The molecule has 0 saturated heterocycles. The molecule has 112 valence electrons. The Hall–Kier alpha value is -1.89. The first-order chi connectivity index (χ1) is 9.49. The first-order valence-corrected chi connectivity index (χ1v) is 6.76. The molecule has 1 atom stereocenters. The highest BCUT2D eigenvalue weighted by Gasteiger charge is 2.20. The van der Waals surface area contributed by atoms with Gasteiger partial charge in [0.2, 0.25) is 5.82 Å². The van der Waals surface area contributed by atoms with Gasteiger partial charge in [0.15, 0.2) is 0 Å². The molecule has 1 rings (SSSR count). The lowest BCUT2D eigenvalue weighted by molar-refractivity contribution is -0.384. The lowest BCUT2D eigenvalue weighted by atomic mass is 10.1. The number of aliphatic hydroxyl groups is 1. The van der Waals surface area contributed by atoms with Crippen LogP contribution >= 0.6 is 0 Å². The topological polar surface area (TPSA) is 100 Å². The minimum absolute atomic E-state index is 0.0915. The maximum Gasteiger partial charge on any atom is 0.311 e. The number of anilines is 2. The van der Waals surface area contributed by atoms with Gasteiger partial charge in [-0.1, -0.05) is 20.8 Å². The van der Waals surface area contributed by atoms with Gasteiger partial charge in [-0.2, -0.15) is 0 Å². The molecule has 1 heterocycles. The summed E-state index contributed by atoms with van der Waals surface area (Å²) in [5.74, 6) is 0.901. The van der Waals surface area contributed by atoms with E-state index >= 15 is 0 Å². The summed E-state index contributed by atoms with van der Waals surface area (Å²) in [5, 5.41) is 26.4. The fourth-order valence-corrected chi connectivity index (χ4v) is 1.66. The van der Waals surface area contributed by atoms with Crippen molar-refractivity contribution in [3.63, 3.8) is 0 Å². The van der Waals surface area contributed by atoms with Crippen LogP contribution in [-0.4, -0.2) is 34.2 Å². The molecule has 20 heavy (non-hydrogen) atoms. The average Bonchev–Trinajstić information content (AvgIpc) is 2.41. The molecule has 0 radical (unpaired) electrons. The smallest absolute Gasteiger partial charge is 0.311 e. The molecule has 1 aromatic heterocycles.